The van der Waals surface area contributed by atoms with E-state index in [1.807, 2.05) is 40.9 Å². The molecule has 2 unspecified atom stereocenters. The minimum atomic E-state index is 0.145. The molecular formula is C30H32N10. The number of nitrogens with zero attached hydrogens (tertiary/aromatic N) is 8. The molecule has 0 spiro atoms. The molecule has 10 nitrogen and oxygen atoms in total. The predicted molar refractivity (Wildman–Crippen MR) is 156 cm³/mol. The van der Waals surface area contributed by atoms with E-state index in [2.05, 4.69) is 50.5 Å². The van der Waals surface area contributed by atoms with Gasteiger partial charge in [-0.05, 0) is 47.6 Å². The lowest BCUT2D eigenvalue weighted by molar-refractivity contribution is 0.573. The molecule has 6 rings (SSSR count). The normalized spacial score (nSPS) is 18.5. The molecule has 0 amide bonds. The molecule has 40 heavy (non-hydrogen) atoms. The van der Waals surface area contributed by atoms with Crippen molar-refractivity contribution in [1.82, 2.24) is 34.5 Å². The molecular weight excluding hydrogens is 500 g/mol. The fourth-order valence-corrected chi connectivity index (χ4v) is 5.56. The molecule has 0 aromatic carbocycles. The fraction of sp³-hybridized carbons (Fsp3) is 0.267. The number of allylic oxidation sites excluding steroid dienone is 5. The number of anilines is 2. The number of fused-ring (bicyclic) bond motifs is 3. The third-order valence-corrected chi connectivity index (χ3v) is 7.47. The standard InChI is InChI=1S/C30H32N10/c1-19-12-21(23(13-31)14-32-2)4-6-25(19)29-27-26(38-39(29)3)7-5-22-15-34-30(37-28(22)27)36-24-16-35-40(18-24)17-20-8-10-33-11-9-20/h4,6,8-16,18-19,25H,5,7,17,31H2,1-3H3,(H,34,36,37). The van der Waals surface area contributed by atoms with Crippen molar-refractivity contribution in [3.8, 4) is 11.3 Å². The minimum Gasteiger partial charge on any atom is -0.404 e. The van der Waals surface area contributed by atoms with Crippen LogP contribution in [0.2, 0.25) is 0 Å². The molecule has 4 aromatic heterocycles. The second-order valence-electron chi connectivity index (χ2n) is 10.2. The molecule has 4 aromatic rings. The smallest absolute Gasteiger partial charge is 0.227 e. The minimum absolute atomic E-state index is 0.145. The van der Waals surface area contributed by atoms with Gasteiger partial charge in [-0.25, -0.2) is 9.97 Å². The van der Waals surface area contributed by atoms with Crippen LogP contribution in [0, 0.1) is 5.92 Å². The largest absolute Gasteiger partial charge is 0.404 e. The van der Waals surface area contributed by atoms with E-state index in [-0.39, 0.29) is 11.8 Å². The van der Waals surface area contributed by atoms with Gasteiger partial charge in [-0.3, -0.25) is 19.3 Å². The van der Waals surface area contributed by atoms with E-state index in [9.17, 15) is 0 Å². The molecule has 10 heteroatoms. The molecule has 2 atom stereocenters. The van der Waals surface area contributed by atoms with Crippen LogP contribution in [0.3, 0.4) is 0 Å². The SMILES string of the molecule is CN=CC(=CN)C1=CC(C)C(c2c3c(nn2C)CCc2cnc(Nc4cnn(Cc5ccncc5)c4)nc2-3)C=C1. The Hall–Kier alpha value is -4.86. The summed E-state index contributed by atoms with van der Waals surface area (Å²) in [7, 11) is 3.78. The first kappa shape index (κ1) is 25.4. The summed E-state index contributed by atoms with van der Waals surface area (Å²) in [6.07, 6.45) is 21.0. The summed E-state index contributed by atoms with van der Waals surface area (Å²) in [5, 5.41) is 12.8. The van der Waals surface area contributed by atoms with Crippen LogP contribution in [0.15, 0.2) is 83.7 Å². The van der Waals surface area contributed by atoms with Crippen molar-refractivity contribution in [1.29, 1.82) is 0 Å². The molecule has 0 saturated carbocycles. The first-order chi connectivity index (χ1) is 19.5. The van der Waals surface area contributed by atoms with E-state index in [1.165, 1.54) is 0 Å². The Morgan fingerprint density at radius 3 is 2.85 bits per heavy atom. The zero-order chi connectivity index (χ0) is 27.6. The summed E-state index contributed by atoms with van der Waals surface area (Å²) in [5.74, 6) is 0.915. The van der Waals surface area contributed by atoms with Crippen molar-refractivity contribution < 1.29 is 0 Å². The van der Waals surface area contributed by atoms with Gasteiger partial charge in [0, 0.05) is 68.4 Å². The number of nitrogens with one attached hydrogen (secondary N) is 1. The summed E-state index contributed by atoms with van der Waals surface area (Å²) in [6, 6.07) is 3.97. The second kappa shape index (κ2) is 10.7. The van der Waals surface area contributed by atoms with Crippen molar-refractivity contribution >= 4 is 17.9 Å². The van der Waals surface area contributed by atoms with Crippen LogP contribution in [0.25, 0.3) is 11.3 Å². The topological polar surface area (TPSA) is 125 Å². The molecule has 0 bridgehead atoms. The quantitative estimate of drug-likeness (QED) is 0.343. The van der Waals surface area contributed by atoms with E-state index in [0.29, 0.717) is 12.5 Å². The molecule has 3 N–H and O–H groups in total. The molecule has 2 aliphatic carbocycles. The summed E-state index contributed by atoms with van der Waals surface area (Å²) in [5.41, 5.74) is 15.3. The summed E-state index contributed by atoms with van der Waals surface area (Å²) in [4.78, 5) is 17.9. The van der Waals surface area contributed by atoms with Gasteiger partial charge in [-0.2, -0.15) is 10.2 Å². The van der Waals surface area contributed by atoms with Crippen LogP contribution >= 0.6 is 0 Å². The fourth-order valence-electron chi connectivity index (χ4n) is 5.56. The molecule has 0 fully saturated rings. The highest BCUT2D eigenvalue weighted by atomic mass is 15.3. The molecule has 2 aliphatic rings. The van der Waals surface area contributed by atoms with E-state index in [4.69, 9.17) is 15.8 Å². The van der Waals surface area contributed by atoms with E-state index >= 15 is 0 Å². The van der Waals surface area contributed by atoms with Crippen molar-refractivity contribution in [2.45, 2.75) is 32.2 Å². The maximum Gasteiger partial charge on any atom is 0.227 e. The van der Waals surface area contributed by atoms with Crippen molar-refractivity contribution in [2.24, 2.45) is 23.7 Å². The number of aromatic nitrogens is 7. The molecule has 0 aliphatic heterocycles. The Morgan fingerprint density at radius 2 is 2.08 bits per heavy atom. The van der Waals surface area contributed by atoms with Gasteiger partial charge in [0.05, 0.1) is 35.5 Å². The first-order valence-corrected chi connectivity index (χ1v) is 13.4. The summed E-state index contributed by atoms with van der Waals surface area (Å²) in [6.45, 7) is 2.89. The second-order valence-corrected chi connectivity index (χ2v) is 10.2. The van der Waals surface area contributed by atoms with Gasteiger partial charge < -0.3 is 11.1 Å². The van der Waals surface area contributed by atoms with E-state index in [1.54, 1.807) is 38.1 Å². The van der Waals surface area contributed by atoms with Crippen LogP contribution in [-0.4, -0.2) is 47.8 Å². The monoisotopic (exact) mass is 532 g/mol. The average molecular weight is 533 g/mol. The number of nitrogens with two attached hydrogens (primary N) is 1. The Kier molecular flexibility index (Phi) is 6.81. The summed E-state index contributed by atoms with van der Waals surface area (Å²) < 4.78 is 3.90. The highest BCUT2D eigenvalue weighted by Gasteiger charge is 2.32. The number of aryl methyl sites for hydroxylation is 3. The molecule has 0 radical (unpaired) electrons. The molecule has 4 heterocycles. The highest BCUT2D eigenvalue weighted by Crippen LogP contribution is 2.42. The van der Waals surface area contributed by atoms with Crippen molar-refractivity contribution in [3.63, 3.8) is 0 Å². The Balaban J connectivity index is 1.29. The van der Waals surface area contributed by atoms with Gasteiger partial charge in [0.25, 0.3) is 0 Å². The van der Waals surface area contributed by atoms with E-state index < -0.39 is 0 Å². The maximum absolute atomic E-state index is 5.87. The molecule has 0 saturated heterocycles. The Bertz CT molecular complexity index is 1650. The number of hydrogen-bond acceptors (Lipinski definition) is 8. The molecule has 202 valence electrons. The van der Waals surface area contributed by atoms with Crippen LogP contribution in [-0.2, 0) is 26.4 Å². The number of rotatable bonds is 7. The Morgan fingerprint density at radius 1 is 1.23 bits per heavy atom. The maximum atomic E-state index is 5.87. The van der Waals surface area contributed by atoms with Gasteiger partial charge in [0.2, 0.25) is 5.95 Å². The van der Waals surface area contributed by atoms with Gasteiger partial charge in [-0.15, -0.1) is 0 Å². The number of pyridine rings is 1. The third kappa shape index (κ3) is 4.84. The van der Waals surface area contributed by atoms with Crippen LogP contribution in [0.4, 0.5) is 11.6 Å². The van der Waals surface area contributed by atoms with Gasteiger partial charge in [0.15, 0.2) is 0 Å². The number of hydrogen-bond donors (Lipinski definition) is 2. The first-order valence-electron chi connectivity index (χ1n) is 13.4. The average Bonchev–Trinajstić information content (AvgIpc) is 3.55. The summed E-state index contributed by atoms with van der Waals surface area (Å²) >= 11 is 0. The van der Waals surface area contributed by atoms with Gasteiger partial charge in [0.1, 0.15) is 0 Å². The van der Waals surface area contributed by atoms with Crippen molar-refractivity contribution in [3.05, 3.63) is 101 Å². The highest BCUT2D eigenvalue weighted by molar-refractivity contribution is 5.86. The third-order valence-electron chi connectivity index (χ3n) is 7.47. The zero-order valence-electron chi connectivity index (χ0n) is 22.9. The lowest BCUT2D eigenvalue weighted by Crippen LogP contribution is -2.16. The van der Waals surface area contributed by atoms with Crippen LogP contribution in [0.1, 0.15) is 35.4 Å². The zero-order valence-corrected chi connectivity index (χ0v) is 22.9. The van der Waals surface area contributed by atoms with Gasteiger partial charge in [-0.1, -0.05) is 25.2 Å². The van der Waals surface area contributed by atoms with Crippen molar-refractivity contribution in [2.75, 3.05) is 12.4 Å². The van der Waals surface area contributed by atoms with E-state index in [0.717, 1.165) is 63.4 Å². The lowest BCUT2D eigenvalue weighted by Gasteiger charge is -2.26. The Labute approximate surface area is 233 Å². The predicted octanol–water partition coefficient (Wildman–Crippen LogP) is 4.12. The number of aliphatic imine (C=N–C) groups is 1. The van der Waals surface area contributed by atoms with Gasteiger partial charge >= 0.3 is 0 Å². The van der Waals surface area contributed by atoms with Crippen LogP contribution < -0.4 is 11.1 Å². The van der Waals surface area contributed by atoms with Crippen LogP contribution in [0.5, 0.6) is 0 Å². The lowest BCUT2D eigenvalue weighted by atomic mass is 9.80.